The van der Waals surface area contributed by atoms with Crippen molar-refractivity contribution in [2.24, 2.45) is 0 Å². The molecule has 20 heavy (non-hydrogen) atoms. The van der Waals surface area contributed by atoms with Crippen molar-refractivity contribution in [2.45, 2.75) is 37.8 Å². The Bertz CT molecular complexity index is 475. The Morgan fingerprint density at radius 2 is 1.90 bits per heavy atom. The van der Waals surface area contributed by atoms with E-state index in [-0.39, 0.29) is 11.9 Å². The standard InChI is InChI=1S/C15H21NO4/c1-19-13-8-7-10(9-14(13)20-2)15(18)16-11-5-3-4-6-12(11)17/h7-9,11-12,17H,3-6H2,1-2H3,(H,16,18)/t11-,12-/m1/s1. The van der Waals surface area contributed by atoms with Gasteiger partial charge in [-0.15, -0.1) is 0 Å². The van der Waals surface area contributed by atoms with E-state index in [0.717, 1.165) is 25.7 Å². The number of rotatable bonds is 4. The third kappa shape index (κ3) is 3.22. The van der Waals surface area contributed by atoms with Crippen molar-refractivity contribution in [1.82, 2.24) is 5.32 Å². The topological polar surface area (TPSA) is 67.8 Å². The van der Waals surface area contributed by atoms with Crippen molar-refractivity contribution in [1.29, 1.82) is 0 Å². The molecule has 1 aliphatic rings. The first-order valence-electron chi connectivity index (χ1n) is 6.86. The molecule has 0 heterocycles. The number of carbonyl (C=O) groups is 1. The van der Waals surface area contributed by atoms with E-state index in [9.17, 15) is 9.90 Å². The minimum absolute atomic E-state index is 0.163. The van der Waals surface area contributed by atoms with Gasteiger partial charge in [-0.05, 0) is 31.0 Å². The van der Waals surface area contributed by atoms with Gasteiger partial charge in [0.15, 0.2) is 11.5 Å². The van der Waals surface area contributed by atoms with Gasteiger partial charge in [-0.1, -0.05) is 12.8 Å². The van der Waals surface area contributed by atoms with Crippen LogP contribution in [0.5, 0.6) is 11.5 Å². The Morgan fingerprint density at radius 3 is 2.55 bits per heavy atom. The van der Waals surface area contributed by atoms with Crippen LogP contribution in [-0.2, 0) is 0 Å². The van der Waals surface area contributed by atoms with E-state index < -0.39 is 6.10 Å². The van der Waals surface area contributed by atoms with E-state index in [0.29, 0.717) is 17.1 Å². The highest BCUT2D eigenvalue weighted by atomic mass is 16.5. The van der Waals surface area contributed by atoms with Crippen LogP contribution in [0.1, 0.15) is 36.0 Å². The van der Waals surface area contributed by atoms with Crippen LogP contribution in [0.3, 0.4) is 0 Å². The van der Waals surface area contributed by atoms with Gasteiger partial charge in [-0.3, -0.25) is 4.79 Å². The van der Waals surface area contributed by atoms with Gasteiger partial charge in [-0.25, -0.2) is 0 Å². The largest absolute Gasteiger partial charge is 0.493 e. The van der Waals surface area contributed by atoms with Crippen molar-refractivity contribution in [3.8, 4) is 11.5 Å². The maximum Gasteiger partial charge on any atom is 0.251 e. The molecule has 0 unspecified atom stereocenters. The van der Waals surface area contributed by atoms with Crippen molar-refractivity contribution in [2.75, 3.05) is 14.2 Å². The summed E-state index contributed by atoms with van der Waals surface area (Å²) in [5.74, 6) is 0.906. The fraction of sp³-hybridized carbons (Fsp3) is 0.533. The summed E-state index contributed by atoms with van der Waals surface area (Å²) in [4.78, 5) is 12.2. The van der Waals surface area contributed by atoms with E-state index in [1.807, 2.05) is 0 Å². The molecule has 1 saturated carbocycles. The van der Waals surface area contributed by atoms with Gasteiger partial charge in [0.05, 0.1) is 26.4 Å². The Morgan fingerprint density at radius 1 is 1.20 bits per heavy atom. The second-order valence-electron chi connectivity index (χ2n) is 5.00. The van der Waals surface area contributed by atoms with Gasteiger partial charge in [0, 0.05) is 5.56 Å². The molecule has 0 bridgehead atoms. The molecule has 2 rings (SSSR count). The molecule has 2 atom stereocenters. The number of nitrogens with one attached hydrogen (secondary N) is 1. The molecule has 1 aromatic carbocycles. The fourth-order valence-corrected chi connectivity index (χ4v) is 2.51. The number of carbonyl (C=O) groups excluding carboxylic acids is 1. The quantitative estimate of drug-likeness (QED) is 0.881. The smallest absolute Gasteiger partial charge is 0.251 e. The molecule has 2 N–H and O–H groups in total. The second-order valence-corrected chi connectivity index (χ2v) is 5.00. The number of aliphatic hydroxyl groups is 1. The Kier molecular flexibility index (Phi) is 4.84. The highest BCUT2D eigenvalue weighted by Gasteiger charge is 2.25. The fourth-order valence-electron chi connectivity index (χ4n) is 2.51. The first kappa shape index (κ1) is 14.7. The average Bonchev–Trinajstić information content (AvgIpc) is 2.48. The number of methoxy groups -OCH3 is 2. The van der Waals surface area contributed by atoms with Crippen LogP contribution in [0.15, 0.2) is 18.2 Å². The van der Waals surface area contributed by atoms with Crippen LogP contribution >= 0.6 is 0 Å². The second kappa shape index (κ2) is 6.61. The van der Waals surface area contributed by atoms with Crippen LogP contribution in [-0.4, -0.2) is 37.4 Å². The molecular formula is C15H21NO4. The van der Waals surface area contributed by atoms with Crippen LogP contribution in [0.25, 0.3) is 0 Å². The van der Waals surface area contributed by atoms with Crippen LogP contribution in [0, 0.1) is 0 Å². The molecule has 0 radical (unpaired) electrons. The predicted octanol–water partition coefficient (Wildman–Crippen LogP) is 1.74. The summed E-state index contributed by atoms with van der Waals surface area (Å²) in [6.45, 7) is 0. The maximum atomic E-state index is 12.2. The molecule has 5 nitrogen and oxygen atoms in total. The van der Waals surface area contributed by atoms with E-state index in [4.69, 9.17) is 9.47 Å². The Labute approximate surface area is 118 Å². The van der Waals surface area contributed by atoms with Crippen LogP contribution in [0.4, 0.5) is 0 Å². The molecule has 0 aromatic heterocycles. The summed E-state index contributed by atoms with van der Waals surface area (Å²) in [5, 5.41) is 12.8. The van der Waals surface area contributed by atoms with Gasteiger partial charge >= 0.3 is 0 Å². The monoisotopic (exact) mass is 279 g/mol. The van der Waals surface area contributed by atoms with Gasteiger partial charge in [0.25, 0.3) is 5.91 Å². The van der Waals surface area contributed by atoms with Gasteiger partial charge in [0.1, 0.15) is 0 Å². The minimum Gasteiger partial charge on any atom is -0.493 e. The van der Waals surface area contributed by atoms with E-state index in [2.05, 4.69) is 5.32 Å². The van der Waals surface area contributed by atoms with Crippen molar-refractivity contribution < 1.29 is 19.4 Å². The molecule has 1 fully saturated rings. The third-order valence-corrected chi connectivity index (χ3v) is 3.69. The summed E-state index contributed by atoms with van der Waals surface area (Å²) in [6.07, 6.45) is 3.17. The summed E-state index contributed by atoms with van der Waals surface area (Å²) in [5.41, 5.74) is 0.500. The van der Waals surface area contributed by atoms with Crippen molar-refractivity contribution >= 4 is 5.91 Å². The number of amides is 1. The van der Waals surface area contributed by atoms with Crippen molar-refractivity contribution in [3.05, 3.63) is 23.8 Å². The highest BCUT2D eigenvalue weighted by molar-refractivity contribution is 5.95. The summed E-state index contributed by atoms with van der Waals surface area (Å²) < 4.78 is 10.3. The molecule has 1 amide bonds. The molecule has 1 aromatic rings. The summed E-state index contributed by atoms with van der Waals surface area (Å²) in [7, 11) is 3.08. The molecule has 0 aliphatic heterocycles. The predicted molar refractivity (Wildman–Crippen MR) is 75.3 cm³/mol. The Hall–Kier alpha value is -1.75. The zero-order chi connectivity index (χ0) is 14.5. The average molecular weight is 279 g/mol. The minimum atomic E-state index is -0.451. The maximum absolute atomic E-state index is 12.2. The summed E-state index contributed by atoms with van der Waals surface area (Å²) in [6, 6.07) is 4.87. The SMILES string of the molecule is COc1ccc(C(=O)N[C@@H]2CCCC[C@H]2O)cc1OC. The lowest BCUT2D eigenvalue weighted by molar-refractivity contribution is 0.0717. The first-order chi connectivity index (χ1) is 9.65. The van der Waals surface area contributed by atoms with E-state index in [1.165, 1.54) is 7.11 Å². The highest BCUT2D eigenvalue weighted by Crippen LogP contribution is 2.27. The molecule has 110 valence electrons. The molecule has 1 aliphatic carbocycles. The molecule has 0 saturated heterocycles. The van der Waals surface area contributed by atoms with Crippen LogP contribution < -0.4 is 14.8 Å². The van der Waals surface area contributed by atoms with Gasteiger partial charge in [0.2, 0.25) is 0 Å². The third-order valence-electron chi connectivity index (χ3n) is 3.69. The molecular weight excluding hydrogens is 258 g/mol. The summed E-state index contributed by atoms with van der Waals surface area (Å²) >= 11 is 0. The molecule has 0 spiro atoms. The molecule has 5 heteroatoms. The first-order valence-corrected chi connectivity index (χ1v) is 6.86. The number of hydrogen-bond acceptors (Lipinski definition) is 4. The lowest BCUT2D eigenvalue weighted by Gasteiger charge is -2.28. The lowest BCUT2D eigenvalue weighted by Crippen LogP contribution is -2.45. The van der Waals surface area contributed by atoms with Crippen molar-refractivity contribution in [3.63, 3.8) is 0 Å². The number of hydrogen-bond donors (Lipinski definition) is 2. The lowest BCUT2D eigenvalue weighted by atomic mass is 9.92. The van der Waals surface area contributed by atoms with E-state index in [1.54, 1.807) is 25.3 Å². The Balaban J connectivity index is 2.08. The van der Waals surface area contributed by atoms with Gasteiger partial charge < -0.3 is 19.9 Å². The zero-order valence-corrected chi connectivity index (χ0v) is 11.9. The number of ether oxygens (including phenoxy) is 2. The normalized spacial score (nSPS) is 22.1. The zero-order valence-electron chi connectivity index (χ0n) is 11.9. The number of benzene rings is 1. The van der Waals surface area contributed by atoms with Gasteiger partial charge in [-0.2, -0.15) is 0 Å². The van der Waals surface area contributed by atoms with Crippen LogP contribution in [0.2, 0.25) is 0 Å². The van der Waals surface area contributed by atoms with E-state index >= 15 is 0 Å². The number of aliphatic hydroxyl groups excluding tert-OH is 1.